The van der Waals surface area contributed by atoms with Gasteiger partial charge in [-0.2, -0.15) is 0 Å². The lowest BCUT2D eigenvalue weighted by Crippen LogP contribution is -2.49. The van der Waals surface area contributed by atoms with E-state index in [1.54, 1.807) is 48.8 Å². The zero-order valence-electron chi connectivity index (χ0n) is 11.9. The van der Waals surface area contributed by atoms with E-state index in [1.807, 2.05) is 0 Å². The first-order valence-electron chi connectivity index (χ1n) is 7.07. The Hall–Kier alpha value is -3.28. The maximum Gasteiger partial charge on any atom is 0.320 e. The molecule has 2 heterocycles. The van der Waals surface area contributed by atoms with Crippen molar-refractivity contribution in [2.75, 3.05) is 0 Å². The maximum absolute atomic E-state index is 12.9. The molecule has 1 atom stereocenters. The van der Waals surface area contributed by atoms with Crippen molar-refractivity contribution < 1.29 is 14.4 Å². The second kappa shape index (κ2) is 4.88. The number of carbonyl (C=O) groups excluding carboxylic acids is 3. The molecule has 2 amide bonds. The van der Waals surface area contributed by atoms with E-state index in [9.17, 15) is 14.4 Å². The van der Waals surface area contributed by atoms with Gasteiger partial charge < -0.3 is 10.6 Å². The van der Waals surface area contributed by atoms with E-state index >= 15 is 0 Å². The molecule has 112 valence electrons. The van der Waals surface area contributed by atoms with Crippen LogP contribution in [0.2, 0.25) is 0 Å². The van der Waals surface area contributed by atoms with Crippen molar-refractivity contribution in [3.05, 3.63) is 76.8 Å². The fourth-order valence-electron chi connectivity index (χ4n) is 2.94. The van der Waals surface area contributed by atoms with Crippen LogP contribution in [0.25, 0.3) is 0 Å². The molecule has 0 saturated carbocycles. The van der Waals surface area contributed by atoms with Gasteiger partial charge in [0.25, 0.3) is 0 Å². The van der Waals surface area contributed by atoms with Crippen molar-refractivity contribution in [3.63, 3.8) is 0 Å². The summed E-state index contributed by atoms with van der Waals surface area (Å²) in [6, 6.07) is 8.87. The first-order valence-corrected chi connectivity index (χ1v) is 7.07. The normalized spacial score (nSPS) is 19.7. The Kier molecular flexibility index (Phi) is 2.84. The fraction of sp³-hybridized carbons (Fsp3) is 0.0588. The van der Waals surface area contributed by atoms with Crippen molar-refractivity contribution in [2.45, 2.75) is 6.04 Å². The predicted octanol–water partition coefficient (Wildman–Crippen LogP) is 1.77. The smallest absolute Gasteiger partial charge is 0.320 e. The highest BCUT2D eigenvalue weighted by atomic mass is 16.2. The SMILES string of the molecule is O=C1NC2=C(C(=O)c3ccccc3C2=O)C(c2cccnc2)N1. The van der Waals surface area contributed by atoms with Gasteiger partial charge >= 0.3 is 6.03 Å². The number of nitrogens with one attached hydrogen (secondary N) is 2. The molecule has 1 aliphatic carbocycles. The summed E-state index contributed by atoms with van der Waals surface area (Å²) in [5.74, 6) is -0.615. The molecule has 0 saturated heterocycles. The molecule has 6 heteroatoms. The minimum atomic E-state index is -0.697. The molecule has 1 aromatic carbocycles. The molecule has 1 unspecified atom stereocenters. The van der Waals surface area contributed by atoms with Gasteiger partial charge in [-0.1, -0.05) is 30.3 Å². The van der Waals surface area contributed by atoms with Gasteiger partial charge in [0.05, 0.1) is 11.6 Å². The number of carbonyl (C=O) groups is 3. The van der Waals surface area contributed by atoms with Gasteiger partial charge in [-0.25, -0.2) is 4.79 Å². The lowest BCUT2D eigenvalue weighted by Gasteiger charge is -2.31. The number of rotatable bonds is 1. The van der Waals surface area contributed by atoms with Gasteiger partial charge in [-0.05, 0) is 11.6 Å². The fourth-order valence-corrected chi connectivity index (χ4v) is 2.94. The molecule has 2 N–H and O–H groups in total. The van der Waals surface area contributed by atoms with Crippen molar-refractivity contribution >= 4 is 17.6 Å². The van der Waals surface area contributed by atoms with Crippen LogP contribution < -0.4 is 10.6 Å². The van der Waals surface area contributed by atoms with Gasteiger partial charge in [-0.15, -0.1) is 0 Å². The summed E-state index contributed by atoms with van der Waals surface area (Å²) in [6.07, 6.45) is 3.17. The van der Waals surface area contributed by atoms with Gasteiger partial charge in [-0.3, -0.25) is 14.6 Å². The lowest BCUT2D eigenvalue weighted by atomic mass is 9.81. The average molecular weight is 305 g/mol. The molecule has 2 aromatic rings. The molecule has 6 nitrogen and oxygen atoms in total. The molecule has 0 radical (unpaired) electrons. The zero-order valence-corrected chi connectivity index (χ0v) is 11.9. The highest BCUT2D eigenvalue weighted by molar-refractivity contribution is 6.28. The minimum Gasteiger partial charge on any atom is -0.327 e. The van der Waals surface area contributed by atoms with Crippen molar-refractivity contribution in [1.82, 2.24) is 15.6 Å². The Bertz CT molecular complexity index is 887. The Morgan fingerprint density at radius 1 is 0.913 bits per heavy atom. The van der Waals surface area contributed by atoms with E-state index in [4.69, 9.17) is 0 Å². The largest absolute Gasteiger partial charge is 0.327 e. The first kappa shape index (κ1) is 13.4. The number of urea groups is 1. The molecule has 23 heavy (non-hydrogen) atoms. The number of hydrogen-bond donors (Lipinski definition) is 2. The number of amides is 2. The molecule has 0 bridgehead atoms. The molecular formula is C17H11N3O3. The molecule has 0 fully saturated rings. The van der Waals surface area contributed by atoms with E-state index in [0.717, 1.165) is 0 Å². The summed E-state index contributed by atoms with van der Waals surface area (Å²) in [5, 5.41) is 5.17. The number of benzene rings is 1. The van der Waals surface area contributed by atoms with Crippen molar-refractivity contribution in [2.24, 2.45) is 0 Å². The molecule has 1 aliphatic heterocycles. The summed E-state index contributed by atoms with van der Waals surface area (Å²) in [7, 11) is 0. The molecule has 2 aliphatic rings. The summed E-state index contributed by atoms with van der Waals surface area (Å²) in [5.41, 5.74) is 1.61. The Balaban J connectivity index is 1.93. The van der Waals surface area contributed by atoms with Crippen LogP contribution in [0.4, 0.5) is 4.79 Å². The van der Waals surface area contributed by atoms with Crippen LogP contribution in [0, 0.1) is 0 Å². The zero-order chi connectivity index (χ0) is 16.0. The van der Waals surface area contributed by atoms with Crippen LogP contribution in [0.3, 0.4) is 0 Å². The van der Waals surface area contributed by atoms with Crippen LogP contribution in [0.5, 0.6) is 0 Å². The van der Waals surface area contributed by atoms with Crippen LogP contribution in [-0.4, -0.2) is 22.6 Å². The summed E-state index contributed by atoms with van der Waals surface area (Å²) < 4.78 is 0. The van der Waals surface area contributed by atoms with E-state index in [0.29, 0.717) is 16.7 Å². The lowest BCUT2D eigenvalue weighted by molar-refractivity contribution is 0.0958. The second-order valence-electron chi connectivity index (χ2n) is 5.31. The Labute approximate surface area is 131 Å². The van der Waals surface area contributed by atoms with Gasteiger partial charge in [0, 0.05) is 23.5 Å². The van der Waals surface area contributed by atoms with Crippen LogP contribution in [-0.2, 0) is 0 Å². The Morgan fingerprint density at radius 2 is 1.65 bits per heavy atom. The number of hydrogen-bond acceptors (Lipinski definition) is 4. The molecule has 0 spiro atoms. The van der Waals surface area contributed by atoms with Gasteiger partial charge in [0.1, 0.15) is 5.70 Å². The number of aromatic nitrogens is 1. The number of allylic oxidation sites excluding steroid dienone is 1. The number of pyridine rings is 1. The average Bonchev–Trinajstić information content (AvgIpc) is 2.59. The quantitative estimate of drug-likeness (QED) is 0.840. The molecule has 1 aromatic heterocycles. The van der Waals surface area contributed by atoms with E-state index in [-0.39, 0.29) is 22.8 Å². The van der Waals surface area contributed by atoms with Crippen LogP contribution in [0.1, 0.15) is 32.3 Å². The standard InChI is InChI=1S/C17H11N3O3/c21-15-10-5-1-2-6-11(10)16(22)14-12(15)13(19-17(23)20-14)9-4-3-7-18-8-9/h1-8,13H,(H2,19,20,23). The van der Waals surface area contributed by atoms with Gasteiger partial charge in [0.15, 0.2) is 5.78 Å². The third-order valence-electron chi connectivity index (χ3n) is 3.98. The molecular weight excluding hydrogens is 294 g/mol. The summed E-state index contributed by atoms with van der Waals surface area (Å²) >= 11 is 0. The number of Topliss-reactive ketones (excluding diaryl/α,β-unsaturated/α-hetero) is 2. The maximum atomic E-state index is 12.9. The molecule has 4 rings (SSSR count). The Morgan fingerprint density at radius 3 is 2.35 bits per heavy atom. The number of ketones is 2. The number of fused-ring (bicyclic) bond motifs is 1. The van der Waals surface area contributed by atoms with Gasteiger partial charge in [0.2, 0.25) is 5.78 Å². The highest BCUT2D eigenvalue weighted by Gasteiger charge is 2.40. The third-order valence-corrected chi connectivity index (χ3v) is 3.98. The van der Waals surface area contributed by atoms with E-state index < -0.39 is 12.1 Å². The third kappa shape index (κ3) is 1.96. The monoisotopic (exact) mass is 305 g/mol. The topological polar surface area (TPSA) is 88.2 Å². The summed E-state index contributed by atoms with van der Waals surface area (Å²) in [4.78, 5) is 41.5. The summed E-state index contributed by atoms with van der Waals surface area (Å²) in [6.45, 7) is 0. The van der Waals surface area contributed by atoms with Crippen LogP contribution in [0.15, 0.2) is 60.1 Å². The van der Waals surface area contributed by atoms with Crippen molar-refractivity contribution in [1.29, 1.82) is 0 Å². The highest BCUT2D eigenvalue weighted by Crippen LogP contribution is 2.34. The second-order valence-corrected chi connectivity index (χ2v) is 5.31. The predicted molar refractivity (Wildman–Crippen MR) is 80.8 cm³/mol. The minimum absolute atomic E-state index is 0.0475. The van der Waals surface area contributed by atoms with E-state index in [2.05, 4.69) is 15.6 Å². The van der Waals surface area contributed by atoms with Crippen molar-refractivity contribution in [3.8, 4) is 0 Å². The van der Waals surface area contributed by atoms with E-state index in [1.165, 1.54) is 0 Å². The number of nitrogens with zero attached hydrogens (tertiary/aromatic N) is 1. The van der Waals surface area contributed by atoms with Crippen LogP contribution >= 0.6 is 0 Å². The first-order chi connectivity index (χ1) is 11.2.